The highest BCUT2D eigenvalue weighted by atomic mass is 32.2. The van der Waals surface area contributed by atoms with Crippen molar-refractivity contribution in [3.63, 3.8) is 0 Å². The zero-order valence-corrected chi connectivity index (χ0v) is 17.9. The average Bonchev–Trinajstić information content (AvgIpc) is 3.23. The lowest BCUT2D eigenvalue weighted by Gasteiger charge is -2.15. The molecule has 0 spiro atoms. The topological polar surface area (TPSA) is 81.9 Å². The third-order valence-corrected chi connectivity index (χ3v) is 6.04. The molecule has 7 nitrogen and oxygen atoms in total. The van der Waals surface area contributed by atoms with E-state index in [4.69, 9.17) is 4.74 Å². The normalized spacial score (nSPS) is 12.0. The number of para-hydroxylation sites is 1. The average molecular weight is 418 g/mol. The molecule has 1 aromatic carbocycles. The van der Waals surface area contributed by atoms with E-state index in [1.165, 1.54) is 23.1 Å². The van der Waals surface area contributed by atoms with E-state index in [-0.39, 0.29) is 17.8 Å². The number of hydrogen-bond acceptors (Lipinski definition) is 7. The molecule has 1 atom stereocenters. The number of anilines is 1. The van der Waals surface area contributed by atoms with Gasteiger partial charge < -0.3 is 14.6 Å². The highest BCUT2D eigenvalue weighted by molar-refractivity contribution is 7.99. The number of hydrogen-bond donors (Lipinski definition) is 1. The van der Waals surface area contributed by atoms with Crippen molar-refractivity contribution in [2.24, 2.45) is 0 Å². The standard InChI is InChI=1S/C19H23N5O2S2/c1-5-24-17(13(3)26-15-9-7-6-8-10-15)22-23-19(24)27-11-16(25)21-18-20-12(2)14(4)28-18/h6-10,13H,5,11H2,1-4H3,(H,20,21,25)/t13-/m0/s1. The quantitative estimate of drug-likeness (QED) is 0.552. The van der Waals surface area contributed by atoms with Crippen molar-refractivity contribution >= 4 is 34.1 Å². The molecule has 1 amide bonds. The molecule has 0 aliphatic heterocycles. The first-order valence-corrected chi connectivity index (χ1v) is 10.8. The van der Waals surface area contributed by atoms with Crippen molar-refractivity contribution in [2.45, 2.75) is 45.5 Å². The fourth-order valence-electron chi connectivity index (χ4n) is 2.57. The first-order chi connectivity index (χ1) is 13.5. The number of carbonyl (C=O) groups excluding carboxylic acids is 1. The SMILES string of the molecule is CCn1c(SCC(=O)Nc2nc(C)c(C)s2)nnc1[C@H](C)Oc1ccccc1. The lowest BCUT2D eigenvalue weighted by Crippen LogP contribution is -2.15. The summed E-state index contributed by atoms with van der Waals surface area (Å²) in [6.45, 7) is 8.58. The van der Waals surface area contributed by atoms with Gasteiger partial charge in [0.25, 0.3) is 0 Å². The van der Waals surface area contributed by atoms with E-state index in [1.807, 2.05) is 62.6 Å². The summed E-state index contributed by atoms with van der Waals surface area (Å²) in [5, 5.41) is 12.7. The summed E-state index contributed by atoms with van der Waals surface area (Å²) in [7, 11) is 0. The number of amides is 1. The van der Waals surface area contributed by atoms with Crippen LogP contribution in [0, 0.1) is 13.8 Å². The molecule has 0 fully saturated rings. The minimum Gasteiger partial charge on any atom is -0.483 e. The Labute approximate surface area is 172 Å². The van der Waals surface area contributed by atoms with E-state index in [2.05, 4.69) is 20.5 Å². The summed E-state index contributed by atoms with van der Waals surface area (Å²) >= 11 is 2.83. The number of carbonyl (C=O) groups is 1. The summed E-state index contributed by atoms with van der Waals surface area (Å²) in [6, 6.07) is 9.62. The van der Waals surface area contributed by atoms with Crippen LogP contribution in [0.2, 0.25) is 0 Å². The Hall–Kier alpha value is -2.39. The van der Waals surface area contributed by atoms with Crippen molar-refractivity contribution < 1.29 is 9.53 Å². The molecule has 0 radical (unpaired) electrons. The smallest absolute Gasteiger partial charge is 0.236 e. The predicted octanol–water partition coefficient (Wildman–Crippen LogP) is 4.24. The van der Waals surface area contributed by atoms with Gasteiger partial charge in [-0.1, -0.05) is 30.0 Å². The molecule has 2 heterocycles. The molecular formula is C19H23N5O2S2. The number of thiazole rings is 1. The molecule has 2 aromatic heterocycles. The van der Waals surface area contributed by atoms with Gasteiger partial charge in [0.15, 0.2) is 22.2 Å². The fourth-order valence-corrected chi connectivity index (χ4v) is 4.21. The summed E-state index contributed by atoms with van der Waals surface area (Å²) in [5.41, 5.74) is 0.940. The largest absolute Gasteiger partial charge is 0.483 e. The van der Waals surface area contributed by atoms with Crippen LogP contribution in [0.1, 0.15) is 36.3 Å². The number of aryl methyl sites for hydroxylation is 2. The lowest BCUT2D eigenvalue weighted by molar-refractivity contribution is -0.113. The minimum atomic E-state index is -0.251. The van der Waals surface area contributed by atoms with E-state index >= 15 is 0 Å². The number of benzene rings is 1. The Balaban J connectivity index is 1.62. The number of aromatic nitrogens is 4. The molecule has 0 saturated carbocycles. The van der Waals surface area contributed by atoms with E-state index in [1.54, 1.807) is 0 Å². The number of nitrogens with one attached hydrogen (secondary N) is 1. The number of rotatable bonds is 8. The Morgan fingerprint density at radius 2 is 2.04 bits per heavy atom. The molecule has 9 heteroatoms. The maximum Gasteiger partial charge on any atom is 0.236 e. The molecule has 3 rings (SSSR count). The predicted molar refractivity (Wildman–Crippen MR) is 112 cm³/mol. The second-order valence-electron chi connectivity index (χ2n) is 6.16. The molecule has 28 heavy (non-hydrogen) atoms. The molecule has 3 aromatic rings. The second-order valence-corrected chi connectivity index (χ2v) is 8.30. The molecule has 0 unspecified atom stereocenters. The van der Waals surface area contributed by atoms with Crippen LogP contribution in [0.5, 0.6) is 5.75 Å². The van der Waals surface area contributed by atoms with E-state index in [9.17, 15) is 4.79 Å². The van der Waals surface area contributed by atoms with Crippen LogP contribution in [0.3, 0.4) is 0 Å². The number of nitrogens with zero attached hydrogens (tertiary/aromatic N) is 4. The molecule has 0 aliphatic rings. The van der Waals surface area contributed by atoms with Gasteiger partial charge in [-0.15, -0.1) is 21.5 Å². The van der Waals surface area contributed by atoms with Gasteiger partial charge in [-0.2, -0.15) is 0 Å². The number of ether oxygens (including phenoxy) is 1. The van der Waals surface area contributed by atoms with Gasteiger partial charge in [0, 0.05) is 11.4 Å². The summed E-state index contributed by atoms with van der Waals surface area (Å²) in [4.78, 5) is 17.7. The second kappa shape index (κ2) is 9.20. The Bertz CT molecular complexity index is 920. The Morgan fingerprint density at radius 1 is 1.29 bits per heavy atom. The van der Waals surface area contributed by atoms with Gasteiger partial charge in [-0.3, -0.25) is 4.79 Å². The summed E-state index contributed by atoms with van der Waals surface area (Å²) in [6.07, 6.45) is -0.251. The Morgan fingerprint density at radius 3 is 2.68 bits per heavy atom. The van der Waals surface area contributed by atoms with Crippen molar-refractivity contribution in [3.05, 3.63) is 46.7 Å². The first kappa shape index (κ1) is 20.3. The summed E-state index contributed by atoms with van der Waals surface area (Å²) in [5.74, 6) is 1.65. The molecule has 0 bridgehead atoms. The van der Waals surface area contributed by atoms with Gasteiger partial charge in [0.1, 0.15) is 5.75 Å². The maximum atomic E-state index is 12.2. The van der Waals surface area contributed by atoms with Crippen molar-refractivity contribution in [1.29, 1.82) is 0 Å². The third kappa shape index (κ3) is 4.90. The van der Waals surface area contributed by atoms with Gasteiger partial charge >= 0.3 is 0 Å². The van der Waals surface area contributed by atoms with E-state index < -0.39 is 0 Å². The van der Waals surface area contributed by atoms with Gasteiger partial charge in [-0.25, -0.2) is 4.98 Å². The van der Waals surface area contributed by atoms with Gasteiger partial charge in [0.05, 0.1) is 11.4 Å². The van der Waals surface area contributed by atoms with Crippen molar-refractivity contribution in [2.75, 3.05) is 11.1 Å². The van der Waals surface area contributed by atoms with Crippen LogP contribution < -0.4 is 10.1 Å². The van der Waals surface area contributed by atoms with Gasteiger partial charge in [-0.05, 0) is 39.8 Å². The third-order valence-electron chi connectivity index (χ3n) is 4.09. The van der Waals surface area contributed by atoms with Crippen LogP contribution in [0.4, 0.5) is 5.13 Å². The van der Waals surface area contributed by atoms with Crippen LogP contribution in [0.15, 0.2) is 35.5 Å². The molecule has 1 N–H and O–H groups in total. The monoisotopic (exact) mass is 417 g/mol. The highest BCUT2D eigenvalue weighted by Crippen LogP contribution is 2.25. The first-order valence-electron chi connectivity index (χ1n) is 8.99. The maximum absolute atomic E-state index is 12.2. The van der Waals surface area contributed by atoms with Gasteiger partial charge in [0.2, 0.25) is 5.91 Å². The van der Waals surface area contributed by atoms with Crippen LogP contribution in [-0.4, -0.2) is 31.4 Å². The fraction of sp³-hybridized carbons (Fsp3) is 0.368. The zero-order valence-electron chi connectivity index (χ0n) is 16.3. The summed E-state index contributed by atoms with van der Waals surface area (Å²) < 4.78 is 7.93. The molecule has 0 saturated heterocycles. The lowest BCUT2D eigenvalue weighted by atomic mass is 10.3. The van der Waals surface area contributed by atoms with Crippen molar-refractivity contribution in [1.82, 2.24) is 19.7 Å². The van der Waals surface area contributed by atoms with Crippen LogP contribution >= 0.6 is 23.1 Å². The number of thioether (sulfide) groups is 1. The van der Waals surface area contributed by atoms with E-state index in [0.717, 1.165) is 22.1 Å². The highest BCUT2D eigenvalue weighted by Gasteiger charge is 2.19. The van der Waals surface area contributed by atoms with Crippen molar-refractivity contribution in [3.8, 4) is 5.75 Å². The Kier molecular flexibility index (Phi) is 6.69. The molecule has 148 valence electrons. The van der Waals surface area contributed by atoms with Crippen LogP contribution in [0.25, 0.3) is 0 Å². The minimum absolute atomic E-state index is 0.112. The van der Waals surface area contributed by atoms with E-state index in [0.29, 0.717) is 16.8 Å². The van der Waals surface area contributed by atoms with Crippen LogP contribution in [-0.2, 0) is 11.3 Å². The zero-order chi connectivity index (χ0) is 20.1. The molecule has 0 aliphatic carbocycles. The molecular weight excluding hydrogens is 394 g/mol.